The summed E-state index contributed by atoms with van der Waals surface area (Å²) in [6, 6.07) is 4.64. The van der Waals surface area contributed by atoms with Gasteiger partial charge in [-0.15, -0.1) is 0 Å². The Labute approximate surface area is 155 Å². The van der Waals surface area contributed by atoms with E-state index in [4.69, 9.17) is 4.74 Å². The Kier molecular flexibility index (Phi) is 6.62. The molecule has 0 radical (unpaired) electrons. The standard InChI is InChI=1S/C17H22N4O4S/c1-5-21-13-8-7-11(15(23)25-6-2)9-12(13)19-17(21)26-10(3)14(22)20-16(24)18-4/h7-10H,5-6H2,1-4H3,(H2,18,20,22,24)/t10-/m0/s1. The van der Waals surface area contributed by atoms with Gasteiger partial charge in [-0.05, 0) is 39.0 Å². The van der Waals surface area contributed by atoms with E-state index in [1.807, 2.05) is 17.6 Å². The number of ether oxygens (including phenoxy) is 1. The number of benzene rings is 1. The van der Waals surface area contributed by atoms with E-state index >= 15 is 0 Å². The Bertz CT molecular complexity index is 834. The normalized spacial score (nSPS) is 11.8. The first-order valence-corrected chi connectivity index (χ1v) is 9.15. The summed E-state index contributed by atoms with van der Waals surface area (Å²) in [5, 5.41) is 4.72. The maximum atomic E-state index is 12.1. The van der Waals surface area contributed by atoms with Gasteiger partial charge in [0.05, 0.1) is 28.5 Å². The first-order valence-electron chi connectivity index (χ1n) is 8.27. The van der Waals surface area contributed by atoms with Crippen molar-refractivity contribution in [1.29, 1.82) is 0 Å². The number of nitrogens with one attached hydrogen (secondary N) is 2. The fourth-order valence-corrected chi connectivity index (χ4v) is 3.32. The van der Waals surface area contributed by atoms with Gasteiger partial charge in [0.1, 0.15) is 0 Å². The summed E-state index contributed by atoms with van der Waals surface area (Å²) in [6.45, 7) is 6.38. The molecule has 0 aliphatic carbocycles. The van der Waals surface area contributed by atoms with Crippen LogP contribution >= 0.6 is 11.8 Å². The number of carbonyl (C=O) groups excluding carboxylic acids is 3. The summed E-state index contributed by atoms with van der Waals surface area (Å²) < 4.78 is 6.97. The summed E-state index contributed by atoms with van der Waals surface area (Å²) in [4.78, 5) is 39.8. The molecule has 1 aromatic carbocycles. The number of amides is 3. The van der Waals surface area contributed by atoms with E-state index < -0.39 is 23.2 Å². The van der Waals surface area contributed by atoms with E-state index in [1.54, 1.807) is 26.0 Å². The largest absolute Gasteiger partial charge is 0.462 e. The number of esters is 1. The van der Waals surface area contributed by atoms with Crippen molar-refractivity contribution in [3.8, 4) is 0 Å². The minimum Gasteiger partial charge on any atom is -0.462 e. The summed E-state index contributed by atoms with van der Waals surface area (Å²) in [5.74, 6) is -0.802. The number of carbonyl (C=O) groups is 3. The Morgan fingerprint density at radius 2 is 2.04 bits per heavy atom. The zero-order chi connectivity index (χ0) is 19.3. The number of imide groups is 1. The van der Waals surface area contributed by atoms with E-state index in [9.17, 15) is 14.4 Å². The van der Waals surface area contributed by atoms with Gasteiger partial charge in [-0.3, -0.25) is 10.1 Å². The number of hydrogen-bond donors (Lipinski definition) is 2. The number of aryl methyl sites for hydroxylation is 1. The van der Waals surface area contributed by atoms with Crippen LogP contribution in [0, 0.1) is 0 Å². The molecule has 26 heavy (non-hydrogen) atoms. The van der Waals surface area contributed by atoms with Gasteiger partial charge in [0.25, 0.3) is 0 Å². The molecule has 1 atom stereocenters. The molecule has 0 fully saturated rings. The molecular formula is C17H22N4O4S. The Balaban J connectivity index is 2.28. The van der Waals surface area contributed by atoms with Crippen molar-refractivity contribution >= 4 is 40.7 Å². The number of fused-ring (bicyclic) bond motifs is 1. The zero-order valence-electron chi connectivity index (χ0n) is 15.2. The summed E-state index contributed by atoms with van der Waals surface area (Å²) >= 11 is 1.25. The lowest BCUT2D eigenvalue weighted by atomic mass is 10.2. The molecule has 0 unspecified atom stereocenters. The van der Waals surface area contributed by atoms with Crippen LogP contribution in [-0.4, -0.2) is 46.4 Å². The van der Waals surface area contributed by atoms with Gasteiger partial charge in [-0.25, -0.2) is 14.6 Å². The Morgan fingerprint density at radius 3 is 2.65 bits per heavy atom. The van der Waals surface area contributed by atoms with Crippen molar-refractivity contribution in [2.24, 2.45) is 0 Å². The Hall–Kier alpha value is -2.55. The molecule has 8 nitrogen and oxygen atoms in total. The molecule has 1 heterocycles. The molecule has 0 aliphatic heterocycles. The molecule has 9 heteroatoms. The monoisotopic (exact) mass is 378 g/mol. The topological polar surface area (TPSA) is 102 Å². The predicted octanol–water partition coefficient (Wildman–Crippen LogP) is 2.17. The van der Waals surface area contributed by atoms with Crippen LogP contribution < -0.4 is 10.6 Å². The van der Waals surface area contributed by atoms with Crippen molar-refractivity contribution < 1.29 is 19.1 Å². The van der Waals surface area contributed by atoms with E-state index in [0.29, 0.717) is 29.4 Å². The van der Waals surface area contributed by atoms with Gasteiger partial charge < -0.3 is 14.6 Å². The molecule has 0 saturated heterocycles. The maximum Gasteiger partial charge on any atom is 0.338 e. The highest BCUT2D eigenvalue weighted by Crippen LogP contribution is 2.28. The molecule has 0 spiro atoms. The lowest BCUT2D eigenvalue weighted by Crippen LogP contribution is -2.41. The molecule has 0 bridgehead atoms. The molecule has 0 aliphatic rings. The number of imidazole rings is 1. The van der Waals surface area contributed by atoms with Crippen molar-refractivity contribution in [3.05, 3.63) is 23.8 Å². The number of nitrogens with zero attached hydrogens (tertiary/aromatic N) is 2. The van der Waals surface area contributed by atoms with Gasteiger partial charge in [0.2, 0.25) is 5.91 Å². The number of rotatable bonds is 6. The molecular weight excluding hydrogens is 356 g/mol. The van der Waals surface area contributed by atoms with Crippen LogP contribution in [0.1, 0.15) is 31.1 Å². The minimum atomic E-state index is -0.550. The highest BCUT2D eigenvalue weighted by atomic mass is 32.2. The Morgan fingerprint density at radius 1 is 1.31 bits per heavy atom. The van der Waals surface area contributed by atoms with Crippen molar-refractivity contribution in [2.45, 2.75) is 37.7 Å². The molecule has 140 valence electrons. The fourth-order valence-electron chi connectivity index (χ4n) is 2.33. The van der Waals surface area contributed by atoms with Crippen LogP contribution in [-0.2, 0) is 16.1 Å². The molecule has 2 aromatic rings. The number of hydrogen-bond acceptors (Lipinski definition) is 6. The second-order valence-electron chi connectivity index (χ2n) is 5.39. The van der Waals surface area contributed by atoms with Gasteiger partial charge in [0, 0.05) is 13.6 Å². The highest BCUT2D eigenvalue weighted by Gasteiger charge is 2.21. The average molecular weight is 378 g/mol. The van der Waals surface area contributed by atoms with Gasteiger partial charge >= 0.3 is 12.0 Å². The highest BCUT2D eigenvalue weighted by molar-refractivity contribution is 8.00. The smallest absolute Gasteiger partial charge is 0.338 e. The van der Waals surface area contributed by atoms with E-state index in [2.05, 4.69) is 15.6 Å². The second-order valence-corrected chi connectivity index (χ2v) is 6.70. The third-order valence-electron chi connectivity index (χ3n) is 3.66. The summed E-state index contributed by atoms with van der Waals surface area (Å²) in [5.41, 5.74) is 1.95. The molecule has 2 rings (SSSR count). The van der Waals surface area contributed by atoms with E-state index in [1.165, 1.54) is 18.8 Å². The maximum absolute atomic E-state index is 12.1. The zero-order valence-corrected chi connectivity index (χ0v) is 16.0. The number of urea groups is 1. The van der Waals surface area contributed by atoms with Gasteiger partial charge in [-0.2, -0.15) is 0 Å². The van der Waals surface area contributed by atoms with Crippen LogP contribution in [0.15, 0.2) is 23.4 Å². The van der Waals surface area contributed by atoms with Crippen molar-refractivity contribution in [3.63, 3.8) is 0 Å². The van der Waals surface area contributed by atoms with E-state index in [-0.39, 0.29) is 0 Å². The quantitative estimate of drug-likeness (QED) is 0.590. The van der Waals surface area contributed by atoms with Crippen LogP contribution in [0.5, 0.6) is 0 Å². The first kappa shape index (κ1) is 19.8. The number of thioether (sulfide) groups is 1. The molecule has 1 aromatic heterocycles. The predicted molar refractivity (Wildman–Crippen MR) is 99.3 cm³/mol. The molecule has 0 saturated carbocycles. The van der Waals surface area contributed by atoms with Gasteiger partial charge in [0.15, 0.2) is 5.16 Å². The lowest BCUT2D eigenvalue weighted by molar-refractivity contribution is -0.119. The van der Waals surface area contributed by atoms with Crippen molar-refractivity contribution in [2.75, 3.05) is 13.7 Å². The van der Waals surface area contributed by atoms with Crippen LogP contribution in [0.2, 0.25) is 0 Å². The van der Waals surface area contributed by atoms with Crippen LogP contribution in [0.3, 0.4) is 0 Å². The summed E-state index contributed by atoms with van der Waals surface area (Å²) in [6.07, 6.45) is 0. The van der Waals surface area contributed by atoms with Gasteiger partial charge in [-0.1, -0.05) is 11.8 Å². The second kappa shape index (κ2) is 8.70. The lowest BCUT2D eigenvalue weighted by Gasteiger charge is -2.11. The third kappa shape index (κ3) is 4.34. The first-order chi connectivity index (χ1) is 12.4. The summed E-state index contributed by atoms with van der Waals surface area (Å²) in [7, 11) is 1.44. The molecule has 2 N–H and O–H groups in total. The fraction of sp³-hybridized carbons (Fsp3) is 0.412. The van der Waals surface area contributed by atoms with Crippen molar-refractivity contribution in [1.82, 2.24) is 20.2 Å². The van der Waals surface area contributed by atoms with E-state index in [0.717, 1.165) is 5.52 Å². The van der Waals surface area contributed by atoms with Crippen LogP contribution in [0.25, 0.3) is 11.0 Å². The molecule has 3 amide bonds. The van der Waals surface area contributed by atoms with Crippen LogP contribution in [0.4, 0.5) is 4.79 Å². The SMILES string of the molecule is CCOC(=O)c1ccc2c(c1)nc(S[C@@H](C)C(=O)NC(=O)NC)n2CC. The average Bonchev–Trinajstić information content (AvgIpc) is 2.97. The third-order valence-corrected chi connectivity index (χ3v) is 4.75. The minimum absolute atomic E-state index is 0.305. The number of aromatic nitrogens is 2.